The van der Waals surface area contributed by atoms with Crippen molar-refractivity contribution in [3.05, 3.63) is 194 Å². The summed E-state index contributed by atoms with van der Waals surface area (Å²) in [7, 11) is 0. The van der Waals surface area contributed by atoms with Crippen LogP contribution in [0.5, 0.6) is 0 Å². The fraction of sp³-hybridized carbons (Fsp3) is 0. The number of hydrogen-bond acceptors (Lipinski definition) is 2. The lowest BCUT2D eigenvalue weighted by atomic mass is 9.82. The molecule has 1 nitrogen and oxygen atoms in total. The van der Waals surface area contributed by atoms with Gasteiger partial charge in [-0.1, -0.05) is 170 Å². The molecule has 58 heavy (non-hydrogen) atoms. The summed E-state index contributed by atoms with van der Waals surface area (Å²) in [6.07, 6.45) is 0. The molecule has 2 aromatic heterocycles. The average Bonchev–Trinajstić information content (AvgIpc) is 3.85. The molecule has 0 saturated heterocycles. The smallest absolute Gasteiger partial charge is 0.136 e. The Morgan fingerprint density at radius 3 is 1.47 bits per heavy atom. The van der Waals surface area contributed by atoms with Crippen molar-refractivity contribution in [3.8, 4) is 33.4 Å². The predicted molar refractivity (Wildman–Crippen MR) is 250 cm³/mol. The van der Waals surface area contributed by atoms with E-state index in [0.29, 0.717) is 0 Å². The van der Waals surface area contributed by atoms with Crippen molar-refractivity contribution in [1.82, 2.24) is 0 Å². The van der Waals surface area contributed by atoms with Gasteiger partial charge in [-0.3, -0.25) is 0 Å². The molecule has 2 heteroatoms. The molecule has 268 valence electrons. The Morgan fingerprint density at radius 2 is 0.793 bits per heavy atom. The minimum Gasteiger partial charge on any atom is -0.456 e. The van der Waals surface area contributed by atoms with Gasteiger partial charge in [0.1, 0.15) is 11.2 Å². The molecule has 13 aromatic rings. The second-order valence-corrected chi connectivity index (χ2v) is 16.5. The van der Waals surface area contributed by atoms with Crippen LogP contribution in [0.2, 0.25) is 0 Å². The molecule has 13 rings (SSSR count). The summed E-state index contributed by atoms with van der Waals surface area (Å²) in [4.78, 5) is 0. The fourth-order valence-electron chi connectivity index (χ4n) is 10.0. The van der Waals surface area contributed by atoms with Crippen molar-refractivity contribution in [2.75, 3.05) is 0 Å². The topological polar surface area (TPSA) is 13.1 Å². The summed E-state index contributed by atoms with van der Waals surface area (Å²) in [5, 5.41) is 17.5. The Kier molecular flexibility index (Phi) is 6.66. The summed E-state index contributed by atoms with van der Waals surface area (Å²) >= 11 is 1.90. The fourth-order valence-corrected chi connectivity index (χ4v) is 11.3. The van der Waals surface area contributed by atoms with Crippen molar-refractivity contribution in [1.29, 1.82) is 0 Å². The van der Waals surface area contributed by atoms with E-state index in [1.807, 2.05) is 11.3 Å². The van der Waals surface area contributed by atoms with Crippen LogP contribution in [0.4, 0.5) is 0 Å². The van der Waals surface area contributed by atoms with Gasteiger partial charge in [0.05, 0.1) is 0 Å². The van der Waals surface area contributed by atoms with Crippen molar-refractivity contribution in [2.45, 2.75) is 0 Å². The van der Waals surface area contributed by atoms with Crippen LogP contribution in [0.15, 0.2) is 199 Å². The Hall–Kier alpha value is -7.26. The number of hydrogen-bond donors (Lipinski definition) is 0. The van der Waals surface area contributed by atoms with Gasteiger partial charge < -0.3 is 4.42 Å². The molecule has 0 aliphatic heterocycles. The monoisotopic (exact) mass is 752 g/mol. The Morgan fingerprint density at radius 1 is 0.293 bits per heavy atom. The number of thiophene rings is 1. The van der Waals surface area contributed by atoms with Gasteiger partial charge in [-0.05, 0) is 106 Å². The highest BCUT2D eigenvalue weighted by molar-refractivity contribution is 7.26. The van der Waals surface area contributed by atoms with Gasteiger partial charge in [-0.2, -0.15) is 0 Å². The van der Waals surface area contributed by atoms with E-state index in [9.17, 15) is 0 Å². The minimum absolute atomic E-state index is 0.928. The standard InChI is InChI=1S/C56H32OS/c1-3-17-35-33(14-1)16-13-26-39(35)51-40-21-7-9-23-42(40)52(43-24-10-8-22-41(43)51)44-28-29-45(38-20-6-5-19-37(38)44)53-36-18-4-2-15-34(36)32-47-55-50(58-56(47)53)31-30-49-54(55)46-25-11-12-27-48(46)57-49/h1-32H. The molecule has 11 aromatic carbocycles. The van der Waals surface area contributed by atoms with E-state index in [2.05, 4.69) is 194 Å². The maximum absolute atomic E-state index is 6.41. The largest absolute Gasteiger partial charge is 0.456 e. The normalized spacial score (nSPS) is 12.1. The molecule has 0 N–H and O–H groups in total. The number of furan rings is 1. The van der Waals surface area contributed by atoms with Crippen LogP contribution in [0, 0.1) is 0 Å². The lowest BCUT2D eigenvalue weighted by Crippen LogP contribution is -1.93. The van der Waals surface area contributed by atoms with Gasteiger partial charge in [0.2, 0.25) is 0 Å². The highest BCUT2D eigenvalue weighted by atomic mass is 32.1. The number of rotatable bonds is 3. The molecular weight excluding hydrogens is 721 g/mol. The summed E-state index contributed by atoms with van der Waals surface area (Å²) in [5.41, 5.74) is 9.48. The first kappa shape index (κ1) is 31.9. The first-order valence-electron chi connectivity index (χ1n) is 19.9. The molecule has 0 spiro atoms. The third-order valence-corrected chi connectivity index (χ3v) is 13.6. The van der Waals surface area contributed by atoms with E-state index in [4.69, 9.17) is 4.42 Å². The SMILES string of the molecule is c1ccc2c(-c3c4ccccc4c(-c4ccc(-c5c6ccccc6cc6c5sc5ccc7oc8ccccc8c7c56)c5ccccc45)c4ccccc34)cccc2c1. The van der Waals surface area contributed by atoms with Crippen molar-refractivity contribution < 1.29 is 4.42 Å². The molecule has 0 atom stereocenters. The molecule has 2 heterocycles. The first-order valence-corrected chi connectivity index (χ1v) is 20.7. The van der Waals surface area contributed by atoms with E-state index >= 15 is 0 Å². The number of benzene rings is 11. The minimum atomic E-state index is 0.928. The lowest BCUT2D eigenvalue weighted by molar-refractivity contribution is 0.669. The summed E-state index contributed by atoms with van der Waals surface area (Å²) in [5.74, 6) is 0. The molecule has 0 amide bonds. The zero-order valence-corrected chi connectivity index (χ0v) is 32.1. The molecule has 0 fully saturated rings. The highest BCUT2D eigenvalue weighted by Gasteiger charge is 2.23. The molecule has 0 aliphatic carbocycles. The Labute approximate surface area is 337 Å². The maximum atomic E-state index is 6.41. The molecule has 0 radical (unpaired) electrons. The highest BCUT2D eigenvalue weighted by Crippen LogP contribution is 2.51. The van der Waals surface area contributed by atoms with E-state index in [1.54, 1.807) is 0 Å². The third kappa shape index (κ3) is 4.41. The Balaban J connectivity index is 1.13. The van der Waals surface area contributed by atoms with Crippen LogP contribution < -0.4 is 0 Å². The quantitative estimate of drug-likeness (QED) is 0.164. The molecule has 0 aliphatic rings. The van der Waals surface area contributed by atoms with Crippen LogP contribution in [0.25, 0.3) is 129 Å². The maximum Gasteiger partial charge on any atom is 0.136 e. The van der Waals surface area contributed by atoms with Crippen molar-refractivity contribution >= 4 is 107 Å². The van der Waals surface area contributed by atoms with Gasteiger partial charge in [0.15, 0.2) is 0 Å². The lowest BCUT2D eigenvalue weighted by Gasteiger charge is -2.20. The average molecular weight is 753 g/mol. The zero-order valence-electron chi connectivity index (χ0n) is 31.3. The van der Waals surface area contributed by atoms with Crippen LogP contribution >= 0.6 is 11.3 Å². The van der Waals surface area contributed by atoms with Crippen LogP contribution in [0.3, 0.4) is 0 Å². The van der Waals surface area contributed by atoms with Gasteiger partial charge in [0, 0.05) is 36.5 Å². The van der Waals surface area contributed by atoms with Gasteiger partial charge in [-0.25, -0.2) is 0 Å². The van der Waals surface area contributed by atoms with E-state index in [0.717, 1.165) is 11.2 Å². The second kappa shape index (κ2) is 12.1. The third-order valence-electron chi connectivity index (χ3n) is 12.4. The molecular formula is C56H32OS. The van der Waals surface area contributed by atoms with E-state index < -0.39 is 0 Å². The molecule has 0 bridgehead atoms. The number of fused-ring (bicyclic) bond motifs is 12. The van der Waals surface area contributed by atoms with Gasteiger partial charge in [0.25, 0.3) is 0 Å². The summed E-state index contributed by atoms with van der Waals surface area (Å²) in [6.45, 7) is 0. The molecule has 0 unspecified atom stereocenters. The van der Waals surface area contributed by atoms with Crippen LogP contribution in [0.1, 0.15) is 0 Å². The van der Waals surface area contributed by atoms with Crippen molar-refractivity contribution in [2.24, 2.45) is 0 Å². The molecule has 0 saturated carbocycles. The predicted octanol–water partition coefficient (Wildman–Crippen LogP) is 16.7. The van der Waals surface area contributed by atoms with Gasteiger partial charge >= 0.3 is 0 Å². The summed E-state index contributed by atoms with van der Waals surface area (Å²) < 4.78 is 8.99. The summed E-state index contributed by atoms with van der Waals surface area (Å²) in [6, 6.07) is 71.5. The van der Waals surface area contributed by atoms with Crippen molar-refractivity contribution in [3.63, 3.8) is 0 Å². The van der Waals surface area contributed by atoms with Gasteiger partial charge in [-0.15, -0.1) is 11.3 Å². The van der Waals surface area contributed by atoms with Crippen LogP contribution in [-0.2, 0) is 0 Å². The van der Waals surface area contributed by atoms with Crippen LogP contribution in [-0.4, -0.2) is 0 Å². The Bertz CT molecular complexity index is 3800. The van der Waals surface area contributed by atoms with E-state index in [1.165, 1.54) is 118 Å². The second-order valence-electron chi connectivity index (χ2n) is 15.4. The first-order chi connectivity index (χ1) is 28.8. The zero-order chi connectivity index (χ0) is 37.9. The number of para-hydroxylation sites is 1. The van der Waals surface area contributed by atoms with E-state index in [-0.39, 0.29) is 0 Å².